The monoisotopic (exact) mass is 413 g/mol. The van der Waals surface area contributed by atoms with E-state index in [1.54, 1.807) is 30.3 Å². The van der Waals surface area contributed by atoms with Crippen LogP contribution in [0.1, 0.15) is 21.5 Å². The normalized spacial score (nSPS) is 11.0. The van der Waals surface area contributed by atoms with Gasteiger partial charge >= 0.3 is 0 Å². The molecule has 0 saturated heterocycles. The van der Waals surface area contributed by atoms with Crippen molar-refractivity contribution in [3.63, 3.8) is 0 Å². The van der Waals surface area contributed by atoms with Gasteiger partial charge in [-0.3, -0.25) is 9.59 Å². The zero-order chi connectivity index (χ0) is 22.1. The van der Waals surface area contributed by atoms with E-state index in [0.29, 0.717) is 18.5 Å². The summed E-state index contributed by atoms with van der Waals surface area (Å²) < 4.78 is 0. The Bertz CT molecular complexity index is 1030. The number of amides is 2. The highest BCUT2D eigenvalue weighted by Gasteiger charge is 2.14. The molecule has 0 aliphatic heterocycles. The number of nitrogens with one attached hydrogen (secondary N) is 2. The molecule has 0 radical (unpaired) electrons. The molecule has 0 aliphatic rings. The van der Waals surface area contributed by atoms with Crippen LogP contribution in [-0.2, 0) is 11.2 Å². The van der Waals surface area contributed by atoms with Crippen molar-refractivity contribution in [2.24, 2.45) is 0 Å². The Balaban J connectivity index is 1.75. The fourth-order valence-electron chi connectivity index (χ4n) is 3.04. The van der Waals surface area contributed by atoms with Gasteiger partial charge in [0.15, 0.2) is 0 Å². The van der Waals surface area contributed by atoms with Crippen LogP contribution in [0.3, 0.4) is 0 Å². The van der Waals surface area contributed by atoms with Gasteiger partial charge < -0.3 is 15.5 Å². The van der Waals surface area contributed by atoms with Crippen molar-refractivity contribution in [1.82, 2.24) is 10.6 Å². The minimum Gasteiger partial charge on any atom is -0.378 e. The van der Waals surface area contributed by atoms with Gasteiger partial charge in [-0.1, -0.05) is 60.7 Å². The molecule has 158 valence electrons. The number of carbonyl (C=O) groups is 2. The molecular weight excluding hydrogens is 386 g/mol. The highest BCUT2D eigenvalue weighted by molar-refractivity contribution is 6.05. The van der Waals surface area contributed by atoms with Crippen molar-refractivity contribution < 1.29 is 9.59 Å². The smallest absolute Gasteiger partial charge is 0.267 e. The van der Waals surface area contributed by atoms with E-state index in [-0.39, 0.29) is 17.5 Å². The third-order valence-electron chi connectivity index (χ3n) is 4.79. The predicted octanol–water partition coefficient (Wildman–Crippen LogP) is 3.88. The van der Waals surface area contributed by atoms with Gasteiger partial charge in [-0.15, -0.1) is 0 Å². The Morgan fingerprint density at radius 2 is 1.45 bits per heavy atom. The number of carbonyl (C=O) groups excluding carboxylic acids is 2. The molecule has 3 aromatic rings. The molecule has 0 saturated carbocycles. The first kappa shape index (κ1) is 21.8. The van der Waals surface area contributed by atoms with Gasteiger partial charge in [0.25, 0.3) is 11.8 Å². The standard InChI is InChI=1S/C26H27N3O2/c1-29(2)23-15-13-21(14-16-23)19-24(28-25(30)22-11-7-4-8-12-22)26(31)27-18-17-20-9-5-3-6-10-20/h3-16,19H,17-18H2,1-2H3,(H,27,31)(H,28,30)/b24-19+. The number of anilines is 1. The molecule has 5 nitrogen and oxygen atoms in total. The van der Waals surface area contributed by atoms with E-state index in [1.807, 2.05) is 79.7 Å². The lowest BCUT2D eigenvalue weighted by molar-refractivity contribution is -0.117. The van der Waals surface area contributed by atoms with Gasteiger partial charge in [0.2, 0.25) is 0 Å². The van der Waals surface area contributed by atoms with Crippen LogP contribution in [0.5, 0.6) is 0 Å². The summed E-state index contributed by atoms with van der Waals surface area (Å²) in [5, 5.41) is 5.68. The van der Waals surface area contributed by atoms with Crippen LogP contribution in [0, 0.1) is 0 Å². The van der Waals surface area contributed by atoms with E-state index in [4.69, 9.17) is 0 Å². The lowest BCUT2D eigenvalue weighted by Crippen LogP contribution is -2.35. The molecule has 3 aromatic carbocycles. The number of benzene rings is 3. The van der Waals surface area contributed by atoms with E-state index >= 15 is 0 Å². The summed E-state index contributed by atoms with van der Waals surface area (Å²) in [6.45, 7) is 0.473. The summed E-state index contributed by atoms with van der Waals surface area (Å²) in [5.41, 5.74) is 3.72. The number of hydrogen-bond acceptors (Lipinski definition) is 3. The average molecular weight is 414 g/mol. The first-order valence-corrected chi connectivity index (χ1v) is 10.2. The van der Waals surface area contributed by atoms with E-state index in [9.17, 15) is 9.59 Å². The fraction of sp³-hybridized carbons (Fsp3) is 0.154. The van der Waals surface area contributed by atoms with E-state index in [2.05, 4.69) is 10.6 Å². The lowest BCUT2D eigenvalue weighted by Gasteiger charge is -2.13. The SMILES string of the molecule is CN(C)c1ccc(/C=C(/NC(=O)c2ccccc2)C(=O)NCCc2ccccc2)cc1. The molecule has 0 unspecified atom stereocenters. The summed E-state index contributed by atoms with van der Waals surface area (Å²) in [6, 6.07) is 26.6. The van der Waals surface area contributed by atoms with Crippen LogP contribution in [0.15, 0.2) is 90.6 Å². The largest absolute Gasteiger partial charge is 0.378 e. The van der Waals surface area contributed by atoms with E-state index in [0.717, 1.165) is 16.8 Å². The Hall–Kier alpha value is -3.86. The molecular formula is C26H27N3O2. The zero-order valence-corrected chi connectivity index (χ0v) is 17.8. The second-order valence-corrected chi connectivity index (χ2v) is 7.36. The molecule has 31 heavy (non-hydrogen) atoms. The van der Waals surface area contributed by atoms with Crippen molar-refractivity contribution >= 4 is 23.6 Å². The van der Waals surface area contributed by atoms with Gasteiger partial charge in [-0.25, -0.2) is 0 Å². The Kier molecular flexibility index (Phi) is 7.60. The second kappa shape index (κ2) is 10.8. The van der Waals surface area contributed by atoms with Crippen LogP contribution >= 0.6 is 0 Å². The first-order valence-electron chi connectivity index (χ1n) is 10.2. The maximum Gasteiger partial charge on any atom is 0.267 e. The summed E-state index contributed by atoms with van der Waals surface area (Å²) in [4.78, 5) is 27.5. The molecule has 0 fully saturated rings. The van der Waals surface area contributed by atoms with E-state index < -0.39 is 0 Å². The van der Waals surface area contributed by atoms with Crippen LogP contribution in [-0.4, -0.2) is 32.5 Å². The predicted molar refractivity (Wildman–Crippen MR) is 126 cm³/mol. The fourth-order valence-corrected chi connectivity index (χ4v) is 3.04. The molecule has 3 rings (SSSR count). The van der Waals surface area contributed by atoms with Crippen molar-refractivity contribution in [1.29, 1.82) is 0 Å². The molecule has 0 bridgehead atoms. The highest BCUT2D eigenvalue weighted by Crippen LogP contribution is 2.14. The van der Waals surface area contributed by atoms with E-state index in [1.165, 1.54) is 0 Å². The third kappa shape index (κ3) is 6.57. The van der Waals surface area contributed by atoms with Crippen LogP contribution in [0.2, 0.25) is 0 Å². The maximum absolute atomic E-state index is 12.9. The minimum absolute atomic E-state index is 0.208. The summed E-state index contributed by atoms with van der Waals surface area (Å²) in [7, 11) is 3.94. The molecule has 0 spiro atoms. The lowest BCUT2D eigenvalue weighted by atomic mass is 10.1. The van der Waals surface area contributed by atoms with Gasteiger partial charge in [-0.2, -0.15) is 0 Å². The summed E-state index contributed by atoms with van der Waals surface area (Å²) in [6.07, 6.45) is 2.40. The Labute approximate surface area is 183 Å². The first-order chi connectivity index (χ1) is 15.0. The molecule has 2 amide bonds. The number of hydrogen-bond donors (Lipinski definition) is 2. The van der Waals surface area contributed by atoms with Gasteiger partial charge in [0.1, 0.15) is 5.70 Å². The number of rotatable bonds is 8. The van der Waals surface area contributed by atoms with Crippen LogP contribution in [0.4, 0.5) is 5.69 Å². The molecule has 5 heteroatoms. The highest BCUT2D eigenvalue weighted by atomic mass is 16.2. The Morgan fingerprint density at radius 3 is 2.06 bits per heavy atom. The minimum atomic E-state index is -0.324. The number of nitrogens with zero attached hydrogens (tertiary/aromatic N) is 1. The third-order valence-corrected chi connectivity index (χ3v) is 4.79. The summed E-state index contributed by atoms with van der Waals surface area (Å²) in [5.74, 6) is -0.646. The topological polar surface area (TPSA) is 61.4 Å². The van der Waals surface area contributed by atoms with Crippen molar-refractivity contribution in [3.05, 3.63) is 107 Å². The average Bonchev–Trinajstić information content (AvgIpc) is 2.80. The van der Waals surface area contributed by atoms with Crippen LogP contribution in [0.25, 0.3) is 6.08 Å². The van der Waals surface area contributed by atoms with Gasteiger partial charge in [-0.05, 0) is 47.9 Å². The van der Waals surface area contributed by atoms with Gasteiger partial charge in [0.05, 0.1) is 0 Å². The van der Waals surface area contributed by atoms with Crippen molar-refractivity contribution in [3.8, 4) is 0 Å². The zero-order valence-electron chi connectivity index (χ0n) is 17.8. The molecule has 0 aliphatic carbocycles. The molecule has 2 N–H and O–H groups in total. The van der Waals surface area contributed by atoms with Gasteiger partial charge in [0, 0.05) is 31.9 Å². The molecule has 0 heterocycles. The molecule has 0 atom stereocenters. The maximum atomic E-state index is 12.9. The quantitative estimate of drug-likeness (QED) is 0.551. The van der Waals surface area contributed by atoms with Crippen molar-refractivity contribution in [2.45, 2.75) is 6.42 Å². The Morgan fingerprint density at radius 1 is 0.839 bits per heavy atom. The van der Waals surface area contributed by atoms with Crippen LogP contribution < -0.4 is 15.5 Å². The molecule has 0 aromatic heterocycles. The second-order valence-electron chi connectivity index (χ2n) is 7.36. The summed E-state index contributed by atoms with van der Waals surface area (Å²) >= 11 is 0. The van der Waals surface area contributed by atoms with Crippen molar-refractivity contribution in [2.75, 3.05) is 25.5 Å².